The normalized spacial score (nSPS) is 12.4. The second-order valence-corrected chi connectivity index (χ2v) is 8.61. The Morgan fingerprint density at radius 1 is 1.00 bits per heavy atom. The van der Waals surface area contributed by atoms with E-state index in [-0.39, 0.29) is 22.1 Å². The SMILES string of the molecule is O=C(/C=C/c1cc(C(F)(F)F)ccc1Cl)Nc1ncc(Cc2ccc(Cl)c(C(F)(F)F)c2)s1. The van der Waals surface area contributed by atoms with E-state index in [4.69, 9.17) is 23.2 Å². The second kappa shape index (κ2) is 9.74. The highest BCUT2D eigenvalue weighted by Gasteiger charge is 2.33. The third kappa shape index (κ3) is 6.72. The van der Waals surface area contributed by atoms with Crippen molar-refractivity contribution in [1.29, 1.82) is 0 Å². The molecule has 0 unspecified atom stereocenters. The smallest absolute Gasteiger partial charge is 0.298 e. The molecule has 174 valence electrons. The van der Waals surface area contributed by atoms with Gasteiger partial charge in [0.1, 0.15) is 0 Å². The first-order valence-corrected chi connectivity index (χ1v) is 10.6. The fourth-order valence-corrected chi connectivity index (χ4v) is 3.96. The molecule has 0 aliphatic carbocycles. The van der Waals surface area contributed by atoms with E-state index in [1.807, 2.05) is 0 Å². The molecule has 33 heavy (non-hydrogen) atoms. The van der Waals surface area contributed by atoms with Crippen molar-refractivity contribution in [2.75, 3.05) is 5.32 Å². The maximum Gasteiger partial charge on any atom is 0.417 e. The molecule has 3 aromatic rings. The number of carbonyl (C=O) groups excluding carboxylic acids is 1. The van der Waals surface area contributed by atoms with Crippen LogP contribution < -0.4 is 5.32 Å². The Labute approximate surface area is 197 Å². The molecule has 1 heterocycles. The Morgan fingerprint density at radius 3 is 2.36 bits per heavy atom. The maximum absolute atomic E-state index is 13.0. The zero-order valence-electron chi connectivity index (χ0n) is 16.2. The molecule has 0 aliphatic rings. The van der Waals surface area contributed by atoms with Crippen LogP contribution in [-0.2, 0) is 23.6 Å². The van der Waals surface area contributed by atoms with Crippen molar-refractivity contribution in [2.45, 2.75) is 18.8 Å². The van der Waals surface area contributed by atoms with Crippen molar-refractivity contribution in [2.24, 2.45) is 0 Å². The van der Waals surface area contributed by atoms with Crippen LogP contribution >= 0.6 is 34.5 Å². The Kier molecular flexibility index (Phi) is 7.40. The van der Waals surface area contributed by atoms with E-state index in [1.54, 1.807) is 0 Å². The van der Waals surface area contributed by atoms with E-state index in [2.05, 4.69) is 10.3 Å². The van der Waals surface area contributed by atoms with Gasteiger partial charge in [-0.3, -0.25) is 10.1 Å². The summed E-state index contributed by atoms with van der Waals surface area (Å²) in [4.78, 5) is 16.7. The monoisotopic (exact) mass is 524 g/mol. The number of anilines is 1. The molecule has 0 fully saturated rings. The quantitative estimate of drug-likeness (QED) is 0.274. The number of nitrogens with one attached hydrogen (secondary N) is 1. The molecule has 0 atom stereocenters. The first kappa shape index (κ1) is 25.1. The van der Waals surface area contributed by atoms with Gasteiger partial charge in [-0.1, -0.05) is 29.3 Å². The summed E-state index contributed by atoms with van der Waals surface area (Å²) in [6, 6.07) is 6.28. The van der Waals surface area contributed by atoms with Crippen LogP contribution in [0.1, 0.15) is 27.1 Å². The van der Waals surface area contributed by atoms with Crippen LogP contribution in [0.3, 0.4) is 0 Å². The highest BCUT2D eigenvalue weighted by atomic mass is 35.5. The first-order chi connectivity index (χ1) is 15.3. The zero-order chi connectivity index (χ0) is 24.4. The molecule has 0 saturated carbocycles. The zero-order valence-corrected chi connectivity index (χ0v) is 18.5. The number of carbonyl (C=O) groups is 1. The van der Waals surface area contributed by atoms with Gasteiger partial charge in [0.05, 0.1) is 16.1 Å². The van der Waals surface area contributed by atoms with Gasteiger partial charge in [-0.25, -0.2) is 4.98 Å². The van der Waals surface area contributed by atoms with E-state index in [0.29, 0.717) is 10.4 Å². The summed E-state index contributed by atoms with van der Waals surface area (Å²) in [6.45, 7) is 0. The third-order valence-corrected chi connectivity index (χ3v) is 5.82. The Balaban J connectivity index is 1.67. The first-order valence-electron chi connectivity index (χ1n) is 8.99. The third-order valence-electron chi connectivity index (χ3n) is 4.24. The lowest BCUT2D eigenvalue weighted by molar-refractivity contribution is -0.138. The minimum absolute atomic E-state index is 0.00433. The molecule has 1 amide bonds. The molecule has 12 heteroatoms. The van der Waals surface area contributed by atoms with Gasteiger partial charge in [0.2, 0.25) is 5.91 Å². The van der Waals surface area contributed by atoms with Crippen molar-refractivity contribution >= 4 is 51.7 Å². The number of nitrogens with zero attached hydrogens (tertiary/aromatic N) is 1. The lowest BCUT2D eigenvalue weighted by Gasteiger charge is -2.10. The minimum atomic E-state index is -4.59. The van der Waals surface area contributed by atoms with Crippen LogP contribution in [0.4, 0.5) is 31.5 Å². The summed E-state index contributed by atoms with van der Waals surface area (Å²) in [5, 5.41) is 2.24. The fourth-order valence-electron chi connectivity index (χ4n) is 2.71. The highest BCUT2D eigenvalue weighted by Crippen LogP contribution is 2.36. The standard InChI is InChI=1S/C21H12Cl2F6N2OS/c22-16-5-3-13(20(24,25)26)9-12(16)2-6-18(32)31-19-30-10-14(33-19)7-11-1-4-17(23)15(8-11)21(27,28)29/h1-6,8-10H,7H2,(H,30,31,32)/b6-2+. The number of benzene rings is 2. The van der Waals surface area contributed by atoms with Gasteiger partial charge in [0.15, 0.2) is 5.13 Å². The predicted octanol–water partition coefficient (Wildman–Crippen LogP) is 7.73. The van der Waals surface area contributed by atoms with Gasteiger partial charge in [-0.2, -0.15) is 26.3 Å². The second-order valence-electron chi connectivity index (χ2n) is 6.68. The van der Waals surface area contributed by atoms with Gasteiger partial charge in [-0.15, -0.1) is 11.3 Å². The molecule has 3 nitrogen and oxygen atoms in total. The minimum Gasteiger partial charge on any atom is -0.298 e. The van der Waals surface area contributed by atoms with E-state index < -0.39 is 34.4 Å². The fraction of sp³-hybridized carbons (Fsp3) is 0.143. The summed E-state index contributed by atoms with van der Waals surface area (Å²) < 4.78 is 77.5. The topological polar surface area (TPSA) is 42.0 Å². The molecule has 3 rings (SSSR count). The summed E-state index contributed by atoms with van der Waals surface area (Å²) in [6.07, 6.45) is -5.49. The largest absolute Gasteiger partial charge is 0.417 e. The highest BCUT2D eigenvalue weighted by molar-refractivity contribution is 7.15. The van der Waals surface area contributed by atoms with Crippen LogP contribution in [0.5, 0.6) is 0 Å². The number of halogens is 8. The Hall–Kier alpha value is -2.56. The van der Waals surface area contributed by atoms with Crippen molar-refractivity contribution in [3.05, 3.63) is 85.8 Å². The van der Waals surface area contributed by atoms with E-state index in [0.717, 1.165) is 53.8 Å². The van der Waals surface area contributed by atoms with Crippen molar-refractivity contribution in [3.63, 3.8) is 0 Å². The summed E-state index contributed by atoms with van der Waals surface area (Å²) >= 11 is 12.5. The van der Waals surface area contributed by atoms with Gasteiger partial charge in [0, 0.05) is 28.6 Å². The number of amides is 1. The summed E-state index contributed by atoms with van der Waals surface area (Å²) in [5.41, 5.74) is -1.50. The number of aromatic nitrogens is 1. The molecular weight excluding hydrogens is 513 g/mol. The Bertz CT molecular complexity index is 1200. The molecule has 2 aromatic carbocycles. The van der Waals surface area contributed by atoms with Crippen molar-refractivity contribution in [3.8, 4) is 0 Å². The average molecular weight is 525 g/mol. The molecule has 0 radical (unpaired) electrons. The molecule has 0 bridgehead atoms. The van der Waals surface area contributed by atoms with Crippen LogP contribution in [-0.4, -0.2) is 10.9 Å². The molecule has 0 aliphatic heterocycles. The molecular formula is C21H12Cl2F6N2OS. The predicted molar refractivity (Wildman–Crippen MR) is 115 cm³/mol. The number of thiazole rings is 1. The molecule has 1 aromatic heterocycles. The molecule has 1 N–H and O–H groups in total. The number of rotatable bonds is 5. The van der Waals surface area contributed by atoms with Gasteiger partial charge < -0.3 is 0 Å². The van der Waals surface area contributed by atoms with Gasteiger partial charge in [0.25, 0.3) is 0 Å². The number of hydrogen-bond donors (Lipinski definition) is 1. The van der Waals surface area contributed by atoms with Crippen molar-refractivity contribution < 1.29 is 31.1 Å². The lowest BCUT2D eigenvalue weighted by Crippen LogP contribution is -2.07. The number of hydrogen-bond acceptors (Lipinski definition) is 3. The number of alkyl halides is 6. The van der Waals surface area contributed by atoms with Crippen LogP contribution in [0, 0.1) is 0 Å². The Morgan fingerprint density at radius 2 is 1.70 bits per heavy atom. The maximum atomic E-state index is 13.0. The van der Waals surface area contributed by atoms with Gasteiger partial charge in [-0.05, 0) is 47.5 Å². The van der Waals surface area contributed by atoms with E-state index in [9.17, 15) is 31.1 Å². The average Bonchev–Trinajstić information content (AvgIpc) is 3.13. The van der Waals surface area contributed by atoms with E-state index >= 15 is 0 Å². The van der Waals surface area contributed by atoms with Gasteiger partial charge >= 0.3 is 12.4 Å². The van der Waals surface area contributed by atoms with E-state index in [1.165, 1.54) is 12.3 Å². The molecule has 0 saturated heterocycles. The van der Waals surface area contributed by atoms with Crippen LogP contribution in [0.15, 0.2) is 48.7 Å². The lowest BCUT2D eigenvalue weighted by atomic mass is 10.1. The molecule has 0 spiro atoms. The van der Waals surface area contributed by atoms with Crippen LogP contribution in [0.2, 0.25) is 10.0 Å². The van der Waals surface area contributed by atoms with Crippen molar-refractivity contribution in [1.82, 2.24) is 4.98 Å². The summed E-state index contributed by atoms with van der Waals surface area (Å²) in [7, 11) is 0. The summed E-state index contributed by atoms with van der Waals surface area (Å²) in [5.74, 6) is -0.671. The van der Waals surface area contributed by atoms with Crippen LogP contribution in [0.25, 0.3) is 6.08 Å².